The van der Waals surface area contributed by atoms with Gasteiger partial charge in [-0.05, 0) is 29.3 Å². The third-order valence-corrected chi connectivity index (χ3v) is 4.73. The number of benzene rings is 2. The maximum Gasteiger partial charge on any atom is 0.433 e. The van der Waals surface area contributed by atoms with E-state index in [-0.39, 0.29) is 17.1 Å². The number of pyridine rings is 1. The van der Waals surface area contributed by atoms with Gasteiger partial charge in [-0.2, -0.15) is 13.2 Å². The molecule has 150 valence electrons. The average Bonchev–Trinajstić information content (AvgIpc) is 2.70. The molecule has 0 aliphatic heterocycles. The van der Waals surface area contributed by atoms with Crippen LogP contribution < -0.4 is 5.32 Å². The number of nitrogens with one attached hydrogen (secondary N) is 1. The van der Waals surface area contributed by atoms with Gasteiger partial charge in [0.2, 0.25) is 0 Å². The number of alkyl halides is 3. The minimum absolute atomic E-state index is 0.0241. The van der Waals surface area contributed by atoms with E-state index < -0.39 is 29.5 Å². The van der Waals surface area contributed by atoms with Crippen molar-refractivity contribution in [2.24, 2.45) is 0 Å². The fraction of sp³-hybridized carbons (Fsp3) is 0.143. The first-order valence-electron chi connectivity index (χ1n) is 8.57. The van der Waals surface area contributed by atoms with Crippen molar-refractivity contribution in [3.05, 3.63) is 100 Å². The van der Waals surface area contributed by atoms with Gasteiger partial charge in [0.25, 0.3) is 5.91 Å². The van der Waals surface area contributed by atoms with E-state index in [1.807, 2.05) is 0 Å². The van der Waals surface area contributed by atoms with Gasteiger partial charge < -0.3 is 5.32 Å². The minimum atomic E-state index is -4.54. The molecule has 1 aromatic heterocycles. The third-order valence-electron chi connectivity index (χ3n) is 4.34. The molecule has 1 atom stereocenters. The van der Waals surface area contributed by atoms with Gasteiger partial charge in [0.05, 0.1) is 10.6 Å². The van der Waals surface area contributed by atoms with Crippen LogP contribution in [0.2, 0.25) is 5.02 Å². The van der Waals surface area contributed by atoms with Crippen LogP contribution in [-0.4, -0.2) is 17.4 Å². The van der Waals surface area contributed by atoms with Crippen LogP contribution in [0.5, 0.6) is 0 Å². The van der Waals surface area contributed by atoms with E-state index in [1.54, 1.807) is 30.3 Å². The van der Waals surface area contributed by atoms with Gasteiger partial charge in [0, 0.05) is 18.7 Å². The Morgan fingerprint density at radius 3 is 2.34 bits per heavy atom. The quantitative estimate of drug-likeness (QED) is 0.555. The molecule has 1 unspecified atom stereocenters. The van der Waals surface area contributed by atoms with Gasteiger partial charge in [0.1, 0.15) is 11.5 Å². The molecule has 0 radical (unpaired) electrons. The van der Waals surface area contributed by atoms with Crippen molar-refractivity contribution in [1.82, 2.24) is 10.3 Å². The average molecular weight is 423 g/mol. The second kappa shape index (κ2) is 8.61. The lowest BCUT2D eigenvalue weighted by Crippen LogP contribution is -2.29. The van der Waals surface area contributed by atoms with E-state index in [0.717, 1.165) is 23.9 Å². The molecule has 3 rings (SSSR count). The molecule has 0 aliphatic carbocycles. The summed E-state index contributed by atoms with van der Waals surface area (Å²) in [4.78, 5) is 15.9. The number of carbonyl (C=O) groups is 1. The van der Waals surface area contributed by atoms with Gasteiger partial charge in [-0.15, -0.1) is 0 Å². The second-order valence-electron chi connectivity index (χ2n) is 6.25. The topological polar surface area (TPSA) is 42.0 Å². The molecule has 0 bridgehead atoms. The second-order valence-corrected chi connectivity index (χ2v) is 6.63. The first kappa shape index (κ1) is 20.8. The Bertz CT molecular complexity index is 992. The Morgan fingerprint density at radius 1 is 1.00 bits per heavy atom. The normalized spacial score (nSPS) is 12.4. The van der Waals surface area contributed by atoms with Crippen molar-refractivity contribution in [2.75, 3.05) is 6.54 Å². The third kappa shape index (κ3) is 4.92. The molecule has 2 aromatic carbocycles. The number of hydrogen-bond donors (Lipinski definition) is 1. The minimum Gasteiger partial charge on any atom is -0.351 e. The molecule has 29 heavy (non-hydrogen) atoms. The zero-order valence-electron chi connectivity index (χ0n) is 14.9. The van der Waals surface area contributed by atoms with Crippen molar-refractivity contribution in [1.29, 1.82) is 0 Å². The van der Waals surface area contributed by atoms with Crippen molar-refractivity contribution in [3.63, 3.8) is 0 Å². The summed E-state index contributed by atoms with van der Waals surface area (Å²) in [6.07, 6.45) is -3.40. The van der Waals surface area contributed by atoms with E-state index in [4.69, 9.17) is 11.6 Å². The number of aromatic nitrogens is 1. The highest BCUT2D eigenvalue weighted by Crippen LogP contribution is 2.30. The molecule has 0 saturated heterocycles. The predicted molar refractivity (Wildman–Crippen MR) is 101 cm³/mol. The predicted octanol–water partition coefficient (Wildman–Crippen LogP) is 5.45. The number of hydrogen-bond acceptors (Lipinski definition) is 2. The van der Waals surface area contributed by atoms with Gasteiger partial charge >= 0.3 is 6.18 Å². The van der Waals surface area contributed by atoms with Crippen LogP contribution in [0.3, 0.4) is 0 Å². The first-order valence-corrected chi connectivity index (χ1v) is 8.95. The summed E-state index contributed by atoms with van der Waals surface area (Å²) in [6.45, 7) is 0.0583. The molecule has 1 N–H and O–H groups in total. The number of halogens is 5. The number of carbonyl (C=O) groups excluding carboxylic acids is 1. The summed E-state index contributed by atoms with van der Waals surface area (Å²) in [7, 11) is 0. The summed E-state index contributed by atoms with van der Waals surface area (Å²) in [5.74, 6) is -1.76. The molecule has 1 heterocycles. The maximum atomic E-state index is 13.6. The van der Waals surface area contributed by atoms with Crippen LogP contribution in [0.15, 0.2) is 66.9 Å². The number of amides is 1. The lowest BCUT2D eigenvalue weighted by atomic mass is 9.92. The maximum absolute atomic E-state index is 13.6. The number of rotatable bonds is 5. The fourth-order valence-electron chi connectivity index (χ4n) is 2.86. The first-order chi connectivity index (χ1) is 13.8. The molecular weight excluding hydrogens is 408 g/mol. The summed E-state index contributed by atoms with van der Waals surface area (Å²) >= 11 is 5.85. The molecule has 3 nitrogen and oxygen atoms in total. The highest BCUT2D eigenvalue weighted by atomic mass is 35.5. The molecule has 0 saturated carbocycles. The van der Waals surface area contributed by atoms with Crippen LogP contribution in [0, 0.1) is 5.82 Å². The summed E-state index contributed by atoms with van der Waals surface area (Å²) in [6, 6.07) is 15.1. The monoisotopic (exact) mass is 422 g/mol. The zero-order valence-corrected chi connectivity index (χ0v) is 15.6. The van der Waals surface area contributed by atoms with Crippen molar-refractivity contribution in [2.45, 2.75) is 12.1 Å². The van der Waals surface area contributed by atoms with Gasteiger partial charge in [-0.3, -0.25) is 9.78 Å². The molecule has 0 fully saturated rings. The lowest BCUT2D eigenvalue weighted by molar-refractivity contribution is -0.141. The molecule has 0 aliphatic rings. The molecule has 8 heteroatoms. The summed E-state index contributed by atoms with van der Waals surface area (Å²) < 4.78 is 52.0. The van der Waals surface area contributed by atoms with E-state index in [9.17, 15) is 22.4 Å². The van der Waals surface area contributed by atoms with Crippen LogP contribution in [0.1, 0.15) is 33.1 Å². The summed E-state index contributed by atoms with van der Waals surface area (Å²) in [5.41, 5.74) is 0.252. The van der Waals surface area contributed by atoms with Crippen molar-refractivity contribution < 1.29 is 22.4 Å². The Hall–Kier alpha value is -2.93. The molecule has 1 amide bonds. The van der Waals surface area contributed by atoms with Crippen LogP contribution >= 0.6 is 11.6 Å². The van der Waals surface area contributed by atoms with E-state index in [0.29, 0.717) is 5.56 Å². The smallest absolute Gasteiger partial charge is 0.351 e. The zero-order chi connectivity index (χ0) is 21.0. The van der Waals surface area contributed by atoms with Crippen LogP contribution in [-0.2, 0) is 6.18 Å². The van der Waals surface area contributed by atoms with Gasteiger partial charge in [0.15, 0.2) is 0 Å². The summed E-state index contributed by atoms with van der Waals surface area (Å²) in [5, 5.41) is 2.37. The molecular formula is C21H15ClF4N2O. The van der Waals surface area contributed by atoms with Crippen LogP contribution in [0.4, 0.5) is 17.6 Å². The van der Waals surface area contributed by atoms with Crippen molar-refractivity contribution >= 4 is 17.5 Å². The molecule has 0 spiro atoms. The number of nitrogens with zero attached hydrogens (tertiary/aromatic N) is 1. The van der Waals surface area contributed by atoms with E-state index in [2.05, 4.69) is 10.3 Å². The SMILES string of the molecule is O=C(NCC(c1ccccc1)c1ccc(C(F)(F)F)nc1)c1cccc(F)c1Cl. The van der Waals surface area contributed by atoms with Crippen molar-refractivity contribution in [3.8, 4) is 0 Å². The van der Waals surface area contributed by atoms with E-state index >= 15 is 0 Å². The highest BCUT2D eigenvalue weighted by Gasteiger charge is 2.32. The highest BCUT2D eigenvalue weighted by molar-refractivity contribution is 6.34. The van der Waals surface area contributed by atoms with Gasteiger partial charge in [-0.1, -0.05) is 54.1 Å². The van der Waals surface area contributed by atoms with E-state index in [1.165, 1.54) is 18.2 Å². The Kier molecular flexibility index (Phi) is 6.17. The van der Waals surface area contributed by atoms with Crippen LogP contribution in [0.25, 0.3) is 0 Å². The Balaban J connectivity index is 1.85. The van der Waals surface area contributed by atoms with Gasteiger partial charge in [-0.25, -0.2) is 4.39 Å². The lowest BCUT2D eigenvalue weighted by Gasteiger charge is -2.19. The largest absolute Gasteiger partial charge is 0.433 e. The standard InChI is InChI=1S/C21H15ClF4N2O/c22-19-15(7-4-8-17(19)23)20(29)28-12-16(13-5-2-1-3-6-13)14-9-10-18(27-11-14)21(24,25)26/h1-11,16H,12H2,(H,28,29). The fourth-order valence-corrected chi connectivity index (χ4v) is 3.07. The Labute approximate surface area is 169 Å². The Morgan fingerprint density at radius 2 is 1.72 bits per heavy atom. The molecule has 3 aromatic rings.